The second-order valence-corrected chi connectivity index (χ2v) is 7.11. The highest BCUT2D eigenvalue weighted by atomic mass is 32.2. The van der Waals surface area contributed by atoms with Crippen molar-refractivity contribution in [2.24, 2.45) is 0 Å². The smallest absolute Gasteiger partial charge is 0.260 e. The van der Waals surface area contributed by atoms with Gasteiger partial charge in [0.15, 0.2) is 5.03 Å². The molecule has 1 unspecified atom stereocenters. The molecule has 0 saturated carbocycles. The Balaban J connectivity index is 2.17. The van der Waals surface area contributed by atoms with E-state index in [-0.39, 0.29) is 11.1 Å². The van der Waals surface area contributed by atoms with Crippen molar-refractivity contribution < 1.29 is 8.42 Å². The Labute approximate surface area is 120 Å². The van der Waals surface area contributed by atoms with Gasteiger partial charge in [-0.25, -0.2) is 13.4 Å². The van der Waals surface area contributed by atoms with Crippen LogP contribution in [0.2, 0.25) is 0 Å². The van der Waals surface area contributed by atoms with Crippen LogP contribution in [0.1, 0.15) is 12.5 Å². The number of likely N-dealkylation sites (N-methyl/N-ethyl adjacent to an activating group) is 1. The highest BCUT2D eigenvalue weighted by molar-refractivity contribution is 7.89. The van der Waals surface area contributed by atoms with Crippen LogP contribution >= 0.6 is 0 Å². The Morgan fingerprint density at radius 2 is 2.15 bits per heavy atom. The minimum atomic E-state index is -3.47. The fourth-order valence-electron chi connectivity index (χ4n) is 2.24. The zero-order valence-corrected chi connectivity index (χ0v) is 13.0. The van der Waals surface area contributed by atoms with Gasteiger partial charge in [0.05, 0.1) is 0 Å². The minimum absolute atomic E-state index is 0.133. The van der Waals surface area contributed by atoms with E-state index in [4.69, 9.17) is 0 Å². The van der Waals surface area contributed by atoms with Gasteiger partial charge in [-0.05, 0) is 32.6 Å². The van der Waals surface area contributed by atoms with Crippen molar-refractivity contribution in [2.75, 3.05) is 33.7 Å². The van der Waals surface area contributed by atoms with Gasteiger partial charge >= 0.3 is 0 Å². The van der Waals surface area contributed by atoms with Crippen LogP contribution in [0.25, 0.3) is 0 Å². The van der Waals surface area contributed by atoms with Crippen molar-refractivity contribution in [1.29, 1.82) is 0 Å². The zero-order chi connectivity index (χ0) is 14.8. The third kappa shape index (κ3) is 3.17. The number of pyridine rings is 1. The standard InChI is InChI=1S/C13H22N4O2S/c1-11-10-17(7-6-16(11)3)20(18,19)13-5-4-12(8-14-2)9-15-13/h4-5,9,11,14H,6-8,10H2,1-3H3. The van der Waals surface area contributed by atoms with Gasteiger partial charge < -0.3 is 10.2 Å². The van der Waals surface area contributed by atoms with Crippen LogP contribution in [-0.2, 0) is 16.6 Å². The summed E-state index contributed by atoms with van der Waals surface area (Å²) in [5.41, 5.74) is 0.971. The molecular weight excluding hydrogens is 276 g/mol. The molecule has 1 aromatic heterocycles. The molecule has 1 N–H and O–H groups in total. The van der Waals surface area contributed by atoms with Crippen LogP contribution in [-0.4, -0.2) is 62.4 Å². The molecule has 1 fully saturated rings. The largest absolute Gasteiger partial charge is 0.316 e. The molecule has 1 saturated heterocycles. The molecule has 6 nitrogen and oxygen atoms in total. The van der Waals surface area contributed by atoms with Crippen LogP contribution in [0, 0.1) is 0 Å². The fourth-order valence-corrected chi connectivity index (χ4v) is 3.66. The van der Waals surface area contributed by atoms with Gasteiger partial charge in [0, 0.05) is 38.4 Å². The molecule has 112 valence electrons. The molecule has 2 heterocycles. The normalized spacial score (nSPS) is 22.1. The number of aromatic nitrogens is 1. The highest BCUT2D eigenvalue weighted by Gasteiger charge is 2.31. The summed E-state index contributed by atoms with van der Waals surface area (Å²) in [6.07, 6.45) is 1.61. The van der Waals surface area contributed by atoms with Crippen LogP contribution in [0.15, 0.2) is 23.4 Å². The number of piperazine rings is 1. The topological polar surface area (TPSA) is 65.5 Å². The predicted octanol–water partition coefficient (Wildman–Crippen LogP) is 0.126. The molecule has 0 aliphatic carbocycles. The molecular formula is C13H22N4O2S. The Morgan fingerprint density at radius 3 is 2.70 bits per heavy atom. The molecule has 0 aromatic carbocycles. The van der Waals surface area contributed by atoms with Gasteiger partial charge in [-0.15, -0.1) is 0 Å². The monoisotopic (exact) mass is 298 g/mol. The van der Waals surface area contributed by atoms with Crippen molar-refractivity contribution >= 4 is 10.0 Å². The van der Waals surface area contributed by atoms with Gasteiger partial charge in [0.1, 0.15) is 0 Å². The maximum atomic E-state index is 12.5. The summed E-state index contributed by atoms with van der Waals surface area (Å²) in [5, 5.41) is 3.14. The van der Waals surface area contributed by atoms with E-state index in [1.54, 1.807) is 18.3 Å². The lowest BCUT2D eigenvalue weighted by molar-refractivity contribution is 0.159. The predicted molar refractivity (Wildman–Crippen MR) is 77.9 cm³/mol. The van der Waals surface area contributed by atoms with E-state index in [1.165, 1.54) is 4.31 Å². The molecule has 1 aromatic rings. The summed E-state index contributed by atoms with van der Waals surface area (Å²) in [6, 6.07) is 3.61. The number of hydrogen-bond donors (Lipinski definition) is 1. The van der Waals surface area contributed by atoms with Crippen molar-refractivity contribution in [3.8, 4) is 0 Å². The van der Waals surface area contributed by atoms with Gasteiger partial charge in [0.2, 0.25) is 0 Å². The Kier molecular flexibility index (Phi) is 4.74. The third-order valence-electron chi connectivity index (χ3n) is 3.71. The summed E-state index contributed by atoms with van der Waals surface area (Å²) in [7, 11) is 0.382. The number of hydrogen-bond acceptors (Lipinski definition) is 5. The molecule has 0 bridgehead atoms. The van der Waals surface area contributed by atoms with Crippen molar-refractivity contribution in [1.82, 2.24) is 19.5 Å². The third-order valence-corrected chi connectivity index (χ3v) is 5.49. The number of sulfonamides is 1. The van der Waals surface area contributed by atoms with Crippen molar-refractivity contribution in [2.45, 2.75) is 24.5 Å². The first kappa shape index (κ1) is 15.4. The molecule has 1 aliphatic rings. The van der Waals surface area contributed by atoms with E-state index in [2.05, 4.69) is 15.2 Å². The lowest BCUT2D eigenvalue weighted by atomic mass is 10.2. The molecule has 0 spiro atoms. The van der Waals surface area contributed by atoms with E-state index in [0.717, 1.165) is 12.1 Å². The van der Waals surface area contributed by atoms with Crippen molar-refractivity contribution in [3.63, 3.8) is 0 Å². The lowest BCUT2D eigenvalue weighted by Crippen LogP contribution is -2.51. The van der Waals surface area contributed by atoms with E-state index in [1.807, 2.05) is 21.0 Å². The Morgan fingerprint density at radius 1 is 1.40 bits per heavy atom. The van der Waals surface area contributed by atoms with E-state index < -0.39 is 10.0 Å². The van der Waals surface area contributed by atoms with E-state index >= 15 is 0 Å². The number of rotatable bonds is 4. The lowest BCUT2D eigenvalue weighted by Gasteiger charge is -2.36. The summed E-state index contributed by atoms with van der Waals surface area (Å²) < 4.78 is 26.6. The van der Waals surface area contributed by atoms with Crippen LogP contribution in [0.3, 0.4) is 0 Å². The first-order chi connectivity index (χ1) is 9.45. The highest BCUT2D eigenvalue weighted by Crippen LogP contribution is 2.18. The fraction of sp³-hybridized carbons (Fsp3) is 0.615. The maximum absolute atomic E-state index is 12.5. The Hall–Kier alpha value is -1.02. The van der Waals surface area contributed by atoms with Gasteiger partial charge in [-0.3, -0.25) is 0 Å². The second kappa shape index (κ2) is 6.17. The quantitative estimate of drug-likeness (QED) is 0.856. The van der Waals surface area contributed by atoms with Crippen LogP contribution in [0.4, 0.5) is 0 Å². The average molecular weight is 298 g/mol. The molecule has 7 heteroatoms. The summed E-state index contributed by atoms with van der Waals surface area (Å²) in [5.74, 6) is 0. The SMILES string of the molecule is CNCc1ccc(S(=O)(=O)N2CCN(C)C(C)C2)nc1. The van der Waals surface area contributed by atoms with Gasteiger partial charge in [-0.1, -0.05) is 6.07 Å². The Bertz CT molecular complexity index is 544. The number of nitrogens with one attached hydrogen (secondary N) is 1. The molecule has 20 heavy (non-hydrogen) atoms. The van der Waals surface area contributed by atoms with E-state index in [9.17, 15) is 8.42 Å². The summed E-state index contributed by atoms with van der Waals surface area (Å²) in [6.45, 7) is 4.49. The first-order valence-electron chi connectivity index (χ1n) is 6.75. The van der Waals surface area contributed by atoms with Crippen molar-refractivity contribution in [3.05, 3.63) is 23.9 Å². The van der Waals surface area contributed by atoms with Crippen LogP contribution < -0.4 is 5.32 Å². The first-order valence-corrected chi connectivity index (χ1v) is 8.19. The molecule has 1 atom stereocenters. The van der Waals surface area contributed by atoms with Gasteiger partial charge in [-0.2, -0.15) is 4.31 Å². The number of nitrogens with zero attached hydrogens (tertiary/aromatic N) is 3. The molecule has 2 rings (SSSR count). The zero-order valence-electron chi connectivity index (χ0n) is 12.2. The second-order valence-electron chi connectivity index (χ2n) is 5.23. The van der Waals surface area contributed by atoms with Gasteiger partial charge in [0.25, 0.3) is 10.0 Å². The minimum Gasteiger partial charge on any atom is -0.316 e. The van der Waals surface area contributed by atoms with Crippen LogP contribution in [0.5, 0.6) is 0 Å². The summed E-state index contributed by atoms with van der Waals surface area (Å²) >= 11 is 0. The average Bonchev–Trinajstić information content (AvgIpc) is 2.43. The maximum Gasteiger partial charge on any atom is 0.260 e. The molecule has 0 radical (unpaired) electrons. The molecule has 1 aliphatic heterocycles. The van der Waals surface area contributed by atoms with E-state index in [0.29, 0.717) is 19.6 Å². The summed E-state index contributed by atoms with van der Waals surface area (Å²) in [4.78, 5) is 6.27. The molecule has 0 amide bonds.